The first-order valence-electron chi connectivity index (χ1n) is 5.94. The molecule has 0 radical (unpaired) electrons. The number of nitrogens with one attached hydrogen (secondary N) is 1. The van der Waals surface area contributed by atoms with E-state index in [1.54, 1.807) is 0 Å². The molecule has 0 rings (SSSR count). The molecule has 8 nitrogen and oxygen atoms in total. The molecule has 0 aromatic carbocycles. The zero-order valence-corrected chi connectivity index (χ0v) is 11.3. The molecule has 0 aliphatic rings. The Morgan fingerprint density at radius 1 is 1.21 bits per heavy atom. The Kier molecular flexibility index (Phi) is 9.77. The topological polar surface area (TPSA) is 108 Å². The van der Waals surface area contributed by atoms with E-state index in [0.717, 1.165) is 0 Å². The van der Waals surface area contributed by atoms with Gasteiger partial charge in [0.1, 0.15) is 0 Å². The fourth-order valence-corrected chi connectivity index (χ4v) is 1.27. The molecule has 0 aromatic heterocycles. The molecule has 0 bridgehead atoms. The number of hydrogen-bond acceptors (Lipinski definition) is 5. The highest BCUT2D eigenvalue weighted by Gasteiger charge is 2.15. The smallest absolute Gasteiger partial charge is 0.332 e. The number of aliphatic carboxylic acids is 1. The van der Waals surface area contributed by atoms with Crippen molar-refractivity contribution in [2.45, 2.75) is 12.5 Å². The van der Waals surface area contributed by atoms with Crippen molar-refractivity contribution in [1.82, 2.24) is 10.2 Å². The monoisotopic (exact) mass is 278 g/mol. The van der Waals surface area contributed by atoms with Gasteiger partial charge in [0.25, 0.3) is 0 Å². The van der Waals surface area contributed by atoms with Gasteiger partial charge in [-0.25, -0.2) is 9.59 Å². The molecule has 1 unspecified atom stereocenters. The highest BCUT2D eigenvalue weighted by atomic mass is 16.5. The van der Waals surface area contributed by atoms with E-state index in [4.69, 9.17) is 19.7 Å². The van der Waals surface area contributed by atoms with Crippen molar-refractivity contribution >= 4 is 12.0 Å². The number of rotatable bonds is 10. The lowest BCUT2D eigenvalue weighted by Gasteiger charge is -2.22. The number of hydrogen-bond donors (Lipinski definition) is 3. The predicted molar refractivity (Wildman–Crippen MR) is 67.0 cm³/mol. The molecule has 0 spiro atoms. The van der Waals surface area contributed by atoms with Gasteiger partial charge < -0.3 is 29.9 Å². The molecular formula is C11H22N2O6. The molecule has 1 atom stereocenters. The molecule has 8 heteroatoms. The SMILES string of the molecule is COCCN(CCOC)C(=O)NCCC(O)C(=O)O. The van der Waals surface area contributed by atoms with E-state index < -0.39 is 12.1 Å². The van der Waals surface area contributed by atoms with Gasteiger partial charge in [0.15, 0.2) is 6.10 Å². The second kappa shape index (κ2) is 10.5. The Bertz CT molecular complexity index is 266. The highest BCUT2D eigenvalue weighted by Crippen LogP contribution is 1.93. The summed E-state index contributed by atoms with van der Waals surface area (Å²) in [6, 6.07) is -0.341. The number of aliphatic hydroxyl groups is 1. The maximum absolute atomic E-state index is 11.8. The number of nitrogens with zero attached hydrogens (tertiary/aromatic N) is 1. The summed E-state index contributed by atoms with van der Waals surface area (Å²) in [7, 11) is 3.07. The molecule has 0 aromatic rings. The first-order valence-corrected chi connectivity index (χ1v) is 5.94. The number of carboxylic acid groups (broad SMARTS) is 1. The molecule has 112 valence electrons. The molecule has 0 saturated carbocycles. The minimum absolute atomic E-state index is 0.0382. The van der Waals surface area contributed by atoms with Crippen LogP contribution in [0.2, 0.25) is 0 Å². The van der Waals surface area contributed by atoms with E-state index >= 15 is 0 Å². The summed E-state index contributed by atoms with van der Waals surface area (Å²) in [5.41, 5.74) is 0. The van der Waals surface area contributed by atoms with Gasteiger partial charge in [-0.2, -0.15) is 0 Å². The van der Waals surface area contributed by atoms with E-state index in [9.17, 15) is 9.59 Å². The van der Waals surface area contributed by atoms with Crippen LogP contribution < -0.4 is 5.32 Å². The van der Waals surface area contributed by atoms with E-state index in [2.05, 4.69) is 5.32 Å². The number of amides is 2. The van der Waals surface area contributed by atoms with Gasteiger partial charge in [-0.15, -0.1) is 0 Å². The number of carboxylic acids is 1. The lowest BCUT2D eigenvalue weighted by molar-refractivity contribution is -0.146. The van der Waals surface area contributed by atoms with Crippen LogP contribution in [-0.4, -0.2) is 80.3 Å². The molecular weight excluding hydrogens is 256 g/mol. The number of carbonyl (C=O) groups is 2. The maximum atomic E-state index is 11.8. The largest absolute Gasteiger partial charge is 0.479 e. The summed E-state index contributed by atoms with van der Waals surface area (Å²) < 4.78 is 9.79. The van der Waals surface area contributed by atoms with Crippen molar-refractivity contribution in [3.8, 4) is 0 Å². The number of aliphatic hydroxyl groups excluding tert-OH is 1. The van der Waals surface area contributed by atoms with E-state index in [1.807, 2.05) is 0 Å². The van der Waals surface area contributed by atoms with Crippen LogP contribution >= 0.6 is 0 Å². The summed E-state index contributed by atoms with van der Waals surface area (Å²) in [4.78, 5) is 23.7. The second-order valence-electron chi connectivity index (χ2n) is 3.85. The average molecular weight is 278 g/mol. The molecule has 0 heterocycles. The van der Waals surface area contributed by atoms with Crippen molar-refractivity contribution in [1.29, 1.82) is 0 Å². The van der Waals surface area contributed by atoms with E-state index in [0.29, 0.717) is 26.3 Å². The van der Waals surface area contributed by atoms with Gasteiger partial charge in [-0.05, 0) is 0 Å². The van der Waals surface area contributed by atoms with Gasteiger partial charge in [0, 0.05) is 40.3 Å². The van der Waals surface area contributed by atoms with Crippen molar-refractivity contribution in [3.05, 3.63) is 0 Å². The molecule has 3 N–H and O–H groups in total. The van der Waals surface area contributed by atoms with Crippen LogP contribution in [0.5, 0.6) is 0 Å². The first kappa shape index (κ1) is 17.6. The molecule has 0 aliphatic carbocycles. The van der Waals surface area contributed by atoms with Crippen LogP contribution in [0.15, 0.2) is 0 Å². The normalized spacial score (nSPS) is 11.9. The molecule has 0 fully saturated rings. The third kappa shape index (κ3) is 8.36. The Labute approximate surface area is 112 Å². The summed E-state index contributed by atoms with van der Waals surface area (Å²) in [6.07, 6.45) is -1.50. The lowest BCUT2D eigenvalue weighted by Crippen LogP contribution is -2.44. The summed E-state index contributed by atoms with van der Waals surface area (Å²) >= 11 is 0. The zero-order valence-electron chi connectivity index (χ0n) is 11.3. The maximum Gasteiger partial charge on any atom is 0.332 e. The van der Waals surface area contributed by atoms with Gasteiger partial charge >= 0.3 is 12.0 Å². The number of carbonyl (C=O) groups excluding carboxylic acids is 1. The van der Waals surface area contributed by atoms with Crippen LogP contribution in [0.4, 0.5) is 4.79 Å². The summed E-state index contributed by atoms with van der Waals surface area (Å²) in [6.45, 7) is 1.70. The minimum Gasteiger partial charge on any atom is -0.479 e. The average Bonchev–Trinajstić information content (AvgIpc) is 2.38. The Balaban J connectivity index is 4.04. The molecule has 19 heavy (non-hydrogen) atoms. The van der Waals surface area contributed by atoms with Gasteiger partial charge in [0.05, 0.1) is 13.2 Å². The van der Waals surface area contributed by atoms with Crippen LogP contribution in [0, 0.1) is 0 Å². The Morgan fingerprint density at radius 3 is 2.16 bits per heavy atom. The zero-order chi connectivity index (χ0) is 14.7. The van der Waals surface area contributed by atoms with Crippen molar-refractivity contribution < 1.29 is 29.3 Å². The van der Waals surface area contributed by atoms with Gasteiger partial charge in [-0.1, -0.05) is 0 Å². The van der Waals surface area contributed by atoms with Crippen molar-refractivity contribution in [2.24, 2.45) is 0 Å². The highest BCUT2D eigenvalue weighted by molar-refractivity contribution is 5.74. The molecule has 0 saturated heterocycles. The number of urea groups is 1. The first-order chi connectivity index (χ1) is 9.02. The minimum atomic E-state index is -1.47. The second-order valence-corrected chi connectivity index (χ2v) is 3.85. The third-order valence-electron chi connectivity index (χ3n) is 2.40. The van der Waals surface area contributed by atoms with Crippen molar-refractivity contribution in [3.63, 3.8) is 0 Å². The number of methoxy groups -OCH3 is 2. The number of ether oxygens (including phenoxy) is 2. The molecule has 0 aliphatic heterocycles. The van der Waals surface area contributed by atoms with Gasteiger partial charge in [-0.3, -0.25) is 0 Å². The van der Waals surface area contributed by atoms with Crippen molar-refractivity contribution in [2.75, 3.05) is 47.1 Å². The van der Waals surface area contributed by atoms with Crippen LogP contribution in [0.25, 0.3) is 0 Å². The summed E-state index contributed by atoms with van der Waals surface area (Å²) in [5.74, 6) is -1.30. The summed E-state index contributed by atoms with van der Waals surface area (Å²) in [5, 5.41) is 20.1. The standard InChI is InChI=1S/C11H22N2O6/c1-18-7-5-13(6-8-19-2)11(17)12-4-3-9(14)10(15)16/h9,14H,3-8H2,1-2H3,(H,12,17)(H,15,16). The quantitative estimate of drug-likeness (QED) is 0.479. The van der Waals surface area contributed by atoms with Crippen LogP contribution in [0.1, 0.15) is 6.42 Å². The fourth-order valence-electron chi connectivity index (χ4n) is 1.27. The predicted octanol–water partition coefficient (Wildman–Crippen LogP) is -0.874. The Morgan fingerprint density at radius 2 is 1.74 bits per heavy atom. The third-order valence-corrected chi connectivity index (χ3v) is 2.40. The van der Waals surface area contributed by atoms with Crippen LogP contribution in [0.3, 0.4) is 0 Å². The Hall–Kier alpha value is -1.38. The van der Waals surface area contributed by atoms with Gasteiger partial charge in [0.2, 0.25) is 0 Å². The molecule has 2 amide bonds. The van der Waals surface area contributed by atoms with E-state index in [1.165, 1.54) is 19.1 Å². The fraction of sp³-hybridized carbons (Fsp3) is 0.818. The van der Waals surface area contributed by atoms with E-state index in [-0.39, 0.29) is 19.0 Å². The lowest BCUT2D eigenvalue weighted by atomic mass is 10.2. The van der Waals surface area contributed by atoms with Crippen LogP contribution in [-0.2, 0) is 14.3 Å².